The SMILES string of the molecule is O=S(=O)([O-])OOS(=O)(=O)[O-].[Fe+2].[H-].[K+]. The first kappa shape index (κ1) is 19.5. The Morgan fingerprint density at radius 3 is 1.17 bits per heavy atom. The van der Waals surface area contributed by atoms with Crippen molar-refractivity contribution in [3.8, 4) is 0 Å². The van der Waals surface area contributed by atoms with Crippen molar-refractivity contribution in [3.05, 3.63) is 0 Å². The van der Waals surface area contributed by atoms with E-state index in [9.17, 15) is 25.9 Å². The monoisotopic (exact) mass is 288 g/mol. The van der Waals surface area contributed by atoms with Gasteiger partial charge in [-0.05, 0) is 0 Å². The fraction of sp³-hybridized carbons (Fsp3) is 0. The van der Waals surface area contributed by atoms with Gasteiger partial charge in [-0.2, -0.15) is 0 Å². The van der Waals surface area contributed by atoms with Crippen molar-refractivity contribution < 1.29 is 104 Å². The number of hydrogen-bond donors (Lipinski definition) is 0. The van der Waals surface area contributed by atoms with Crippen molar-refractivity contribution in [2.45, 2.75) is 0 Å². The van der Waals surface area contributed by atoms with Gasteiger partial charge in [0.2, 0.25) is 20.8 Å². The number of hydrogen-bond acceptors (Lipinski definition) is 8. The van der Waals surface area contributed by atoms with Gasteiger partial charge >= 0.3 is 68.5 Å². The summed E-state index contributed by atoms with van der Waals surface area (Å²) in [5.74, 6) is 0. The third-order valence-corrected chi connectivity index (χ3v) is 0.750. The van der Waals surface area contributed by atoms with Crippen LogP contribution in [0, 0.1) is 0 Å². The van der Waals surface area contributed by atoms with Crippen molar-refractivity contribution >= 4 is 20.8 Å². The van der Waals surface area contributed by atoms with E-state index in [2.05, 4.69) is 8.67 Å². The van der Waals surface area contributed by atoms with E-state index < -0.39 is 20.8 Å². The molecule has 0 aromatic carbocycles. The van der Waals surface area contributed by atoms with Gasteiger partial charge in [-0.25, -0.2) is 16.8 Å². The normalized spacial score (nSPS) is 11.2. The van der Waals surface area contributed by atoms with Crippen molar-refractivity contribution in [2.24, 2.45) is 0 Å². The molecule has 0 unspecified atom stereocenters. The quantitative estimate of drug-likeness (QED) is 0.166. The molecule has 0 N–H and O–H groups in total. The van der Waals surface area contributed by atoms with Crippen molar-refractivity contribution in [1.82, 2.24) is 0 Å². The van der Waals surface area contributed by atoms with E-state index in [-0.39, 0.29) is 69.9 Å². The Kier molecular flexibility index (Phi) is 11.7. The molecule has 0 aromatic rings. The van der Waals surface area contributed by atoms with Gasteiger partial charge in [-0.15, -0.1) is 8.67 Å². The van der Waals surface area contributed by atoms with Crippen LogP contribution in [0.4, 0.5) is 0 Å². The summed E-state index contributed by atoms with van der Waals surface area (Å²) in [4.78, 5) is 0. The number of rotatable bonds is 3. The summed E-state index contributed by atoms with van der Waals surface area (Å²) >= 11 is 0. The van der Waals surface area contributed by atoms with Gasteiger partial charge in [0.25, 0.3) is 0 Å². The summed E-state index contributed by atoms with van der Waals surface area (Å²) in [6.07, 6.45) is 0. The maximum absolute atomic E-state index is 9.37. The molecule has 0 bridgehead atoms. The molecule has 0 spiro atoms. The molecule has 0 atom stereocenters. The summed E-state index contributed by atoms with van der Waals surface area (Å²) in [6, 6.07) is 0. The molecule has 0 aliphatic heterocycles. The van der Waals surface area contributed by atoms with Crippen LogP contribution in [0.3, 0.4) is 0 Å². The second kappa shape index (κ2) is 7.22. The van der Waals surface area contributed by atoms with Gasteiger partial charge in [0, 0.05) is 0 Å². The van der Waals surface area contributed by atoms with Crippen LogP contribution in [0.5, 0.6) is 0 Å². The van der Waals surface area contributed by atoms with Gasteiger partial charge in [0.15, 0.2) is 0 Å². The molecule has 12 heavy (non-hydrogen) atoms. The maximum atomic E-state index is 9.37. The summed E-state index contributed by atoms with van der Waals surface area (Å²) in [7, 11) is -10.6. The largest absolute Gasteiger partial charge is 2.00 e. The molecule has 0 amide bonds. The molecule has 8 nitrogen and oxygen atoms in total. The summed E-state index contributed by atoms with van der Waals surface area (Å²) in [5.41, 5.74) is 0. The summed E-state index contributed by atoms with van der Waals surface area (Å²) in [6.45, 7) is 0. The van der Waals surface area contributed by atoms with Crippen LogP contribution in [0.25, 0.3) is 0 Å². The zero-order valence-corrected chi connectivity index (χ0v) is 11.3. The van der Waals surface area contributed by atoms with Crippen molar-refractivity contribution in [3.63, 3.8) is 0 Å². The maximum Gasteiger partial charge on any atom is 2.00 e. The van der Waals surface area contributed by atoms with Crippen molar-refractivity contribution in [2.75, 3.05) is 0 Å². The first-order valence-corrected chi connectivity index (χ1v) is 4.17. The molecule has 0 saturated carbocycles. The Hall–Kier alpha value is 1.90. The molecule has 0 radical (unpaired) electrons. The van der Waals surface area contributed by atoms with E-state index in [0.717, 1.165) is 0 Å². The molecular formula is HFeKO8S2. The molecule has 12 heteroatoms. The first-order chi connectivity index (χ1) is 4.21. The van der Waals surface area contributed by atoms with Crippen molar-refractivity contribution in [1.29, 1.82) is 0 Å². The van der Waals surface area contributed by atoms with E-state index in [0.29, 0.717) is 0 Å². The minimum Gasteiger partial charge on any atom is -1.00 e. The smallest absolute Gasteiger partial charge is 1.00 e. The molecule has 0 aliphatic carbocycles. The zero-order valence-electron chi connectivity index (χ0n) is 6.44. The third kappa shape index (κ3) is 17.8. The van der Waals surface area contributed by atoms with Gasteiger partial charge in [-0.3, -0.25) is 0 Å². The van der Waals surface area contributed by atoms with E-state index in [4.69, 9.17) is 0 Å². The van der Waals surface area contributed by atoms with Crippen LogP contribution in [0.15, 0.2) is 0 Å². The average molecular weight is 288 g/mol. The van der Waals surface area contributed by atoms with Crippen LogP contribution in [0.2, 0.25) is 0 Å². The Balaban J connectivity index is -0.000000135. The van der Waals surface area contributed by atoms with Crippen LogP contribution >= 0.6 is 0 Å². The Morgan fingerprint density at radius 1 is 0.917 bits per heavy atom. The van der Waals surface area contributed by atoms with E-state index in [1.807, 2.05) is 0 Å². The topological polar surface area (TPSA) is 133 Å². The van der Waals surface area contributed by atoms with Crippen LogP contribution in [0.1, 0.15) is 1.43 Å². The Morgan fingerprint density at radius 2 is 1.08 bits per heavy atom. The van der Waals surface area contributed by atoms with Gasteiger partial charge in [-0.1, -0.05) is 0 Å². The van der Waals surface area contributed by atoms with E-state index in [1.165, 1.54) is 0 Å². The van der Waals surface area contributed by atoms with Crippen LogP contribution < -0.4 is 51.4 Å². The fourth-order valence-electron chi connectivity index (χ4n) is 0.0680. The molecule has 0 aliphatic rings. The standard InChI is InChI=1S/Fe.K.H2O8S2.H/c;;1-9(2,3)7-8-10(4,5)6;/h;;(H,1,2,3)(H,4,5,6);/q+2;+1;;-1/p-2. The average Bonchev–Trinajstić information content (AvgIpc) is 1.57. The van der Waals surface area contributed by atoms with Gasteiger partial charge in [0.1, 0.15) is 0 Å². The second-order valence-electron chi connectivity index (χ2n) is 0.953. The predicted octanol–water partition coefficient (Wildman–Crippen LogP) is -5.03. The summed E-state index contributed by atoms with van der Waals surface area (Å²) in [5, 5.41) is 0. The molecule has 0 heterocycles. The minimum absolute atomic E-state index is 0. The Labute approximate surface area is 123 Å². The molecule has 0 rings (SSSR count). The Bertz CT molecular complexity index is 258. The molecular weight excluding hydrogens is 287 g/mol. The fourth-order valence-corrected chi connectivity index (χ4v) is 0.612. The first-order valence-electron chi connectivity index (χ1n) is 1.50. The minimum atomic E-state index is -5.31. The summed E-state index contributed by atoms with van der Waals surface area (Å²) < 4.78 is 61.5. The van der Waals surface area contributed by atoms with E-state index in [1.54, 1.807) is 0 Å². The van der Waals surface area contributed by atoms with Crippen LogP contribution in [-0.4, -0.2) is 25.9 Å². The molecule has 70 valence electrons. The van der Waals surface area contributed by atoms with Crippen LogP contribution in [-0.2, 0) is 46.5 Å². The predicted molar refractivity (Wildman–Crippen MR) is 22.7 cm³/mol. The molecule has 0 saturated heterocycles. The third-order valence-electron chi connectivity index (χ3n) is 0.194. The van der Waals surface area contributed by atoms with E-state index >= 15 is 0 Å². The second-order valence-corrected chi connectivity index (χ2v) is 2.86. The molecule has 0 aromatic heterocycles. The van der Waals surface area contributed by atoms with Gasteiger partial charge in [0.05, 0.1) is 0 Å². The zero-order chi connectivity index (χ0) is 8.41. The molecule has 0 fully saturated rings. The van der Waals surface area contributed by atoms with Gasteiger partial charge < -0.3 is 10.5 Å².